The van der Waals surface area contributed by atoms with E-state index in [-0.39, 0.29) is 11.3 Å². The fourth-order valence-corrected chi connectivity index (χ4v) is 4.22. The smallest absolute Gasteiger partial charge is 0.412 e. The Bertz CT molecular complexity index is 984. The number of hydrogen-bond donors (Lipinski definition) is 2. The van der Waals surface area contributed by atoms with Gasteiger partial charge in [-0.1, -0.05) is 36.3 Å². The third kappa shape index (κ3) is 6.43. The quantitative estimate of drug-likeness (QED) is 0.227. The predicted molar refractivity (Wildman–Crippen MR) is 130 cm³/mol. The second kappa shape index (κ2) is 11.3. The summed E-state index contributed by atoms with van der Waals surface area (Å²) in [6, 6.07) is 11.0. The predicted octanol–water partition coefficient (Wildman–Crippen LogP) is 5.84. The van der Waals surface area contributed by atoms with Crippen LogP contribution in [-0.2, 0) is 4.74 Å². The molecule has 3 rings (SSSR count). The Hall–Kier alpha value is -2.64. The molecule has 8 heteroatoms. The monoisotopic (exact) mass is 473 g/mol. The Morgan fingerprint density at radius 2 is 1.91 bits per heavy atom. The van der Waals surface area contributed by atoms with Crippen molar-refractivity contribution >= 4 is 34.8 Å². The number of hydrogen-bond acceptors (Lipinski definition) is 6. The largest absolute Gasteiger partial charge is 0.490 e. The van der Waals surface area contributed by atoms with Crippen molar-refractivity contribution in [2.45, 2.75) is 58.2 Å². The summed E-state index contributed by atoms with van der Waals surface area (Å²) in [5, 5.41) is 2.95. The van der Waals surface area contributed by atoms with Gasteiger partial charge in [0.05, 0.1) is 16.7 Å². The van der Waals surface area contributed by atoms with Crippen LogP contribution in [0.2, 0.25) is 5.15 Å². The first kappa shape index (κ1) is 24.0. The van der Waals surface area contributed by atoms with E-state index in [1.807, 2.05) is 24.3 Å². The molecule has 32 heavy (non-hydrogen) atoms. The molecular weight excluding hydrogens is 446 g/mol. The maximum atomic E-state index is 12.5. The number of rotatable bonds is 7. The zero-order valence-corrected chi connectivity index (χ0v) is 19.8. The van der Waals surface area contributed by atoms with Gasteiger partial charge in [-0.2, -0.15) is 0 Å². The second-order valence-corrected chi connectivity index (χ2v) is 8.61. The molecule has 1 fully saturated rings. The zero-order chi connectivity index (χ0) is 23.1. The normalized spacial score (nSPS) is 16.0. The maximum Gasteiger partial charge on any atom is 0.412 e. The summed E-state index contributed by atoms with van der Waals surface area (Å²) in [6.07, 6.45) is 6.45. The molecule has 6 nitrogen and oxygen atoms in total. The number of alkyl carbamates (subject to hydrolysis) is 1. The van der Waals surface area contributed by atoms with Crippen molar-refractivity contribution < 1.29 is 14.3 Å². The summed E-state index contributed by atoms with van der Waals surface area (Å²) in [4.78, 5) is 16.9. The summed E-state index contributed by atoms with van der Waals surface area (Å²) in [6.45, 7) is 3.38. The lowest BCUT2D eigenvalue weighted by atomic mass is 9.98. The average Bonchev–Trinajstić information content (AvgIpc) is 2.78. The van der Waals surface area contributed by atoms with E-state index in [2.05, 4.69) is 10.3 Å². The SMILES string of the molecule is C/C(N)=C(\NC(=O)OC(C)c1cccnc1Cl)C(=S)c1ccc(OC2CCCCC2)cc1. The van der Waals surface area contributed by atoms with Gasteiger partial charge in [0.25, 0.3) is 0 Å². The Labute approximate surface area is 199 Å². The van der Waals surface area contributed by atoms with E-state index in [0.29, 0.717) is 21.8 Å². The molecule has 1 heterocycles. The fraction of sp³-hybridized carbons (Fsp3) is 0.375. The lowest BCUT2D eigenvalue weighted by Gasteiger charge is -2.23. The van der Waals surface area contributed by atoms with Crippen molar-refractivity contribution in [1.82, 2.24) is 10.3 Å². The van der Waals surface area contributed by atoms with Crippen LogP contribution in [0.5, 0.6) is 5.75 Å². The molecule has 1 aromatic carbocycles. The van der Waals surface area contributed by atoms with Gasteiger partial charge >= 0.3 is 6.09 Å². The molecule has 1 unspecified atom stereocenters. The highest BCUT2D eigenvalue weighted by molar-refractivity contribution is 7.81. The van der Waals surface area contributed by atoms with Crippen molar-refractivity contribution in [3.8, 4) is 5.75 Å². The van der Waals surface area contributed by atoms with E-state index in [1.54, 1.807) is 32.2 Å². The molecule has 0 radical (unpaired) electrons. The van der Waals surface area contributed by atoms with Gasteiger partial charge in [0.15, 0.2) is 0 Å². The van der Waals surface area contributed by atoms with Gasteiger partial charge in [-0.15, -0.1) is 0 Å². The maximum absolute atomic E-state index is 12.5. The van der Waals surface area contributed by atoms with E-state index in [4.69, 9.17) is 39.0 Å². The zero-order valence-electron chi connectivity index (χ0n) is 18.3. The van der Waals surface area contributed by atoms with E-state index >= 15 is 0 Å². The molecule has 170 valence electrons. The van der Waals surface area contributed by atoms with Gasteiger partial charge in [-0.25, -0.2) is 9.78 Å². The molecule has 1 saturated carbocycles. The van der Waals surface area contributed by atoms with Crippen molar-refractivity contribution in [2.75, 3.05) is 0 Å². The highest BCUT2D eigenvalue weighted by Gasteiger charge is 2.19. The Morgan fingerprint density at radius 3 is 2.53 bits per heavy atom. The van der Waals surface area contributed by atoms with Crippen LogP contribution in [0.4, 0.5) is 4.79 Å². The van der Waals surface area contributed by atoms with Gasteiger partial charge in [0.1, 0.15) is 17.0 Å². The number of allylic oxidation sites excluding steroid dienone is 2. The molecule has 0 spiro atoms. The third-order valence-corrected chi connectivity index (χ3v) is 6.09. The average molecular weight is 474 g/mol. The highest BCUT2D eigenvalue weighted by atomic mass is 35.5. The number of nitrogens with one attached hydrogen (secondary N) is 1. The minimum atomic E-state index is -0.683. The number of carbonyl (C=O) groups is 1. The van der Waals surface area contributed by atoms with Crippen LogP contribution in [0, 0.1) is 0 Å². The molecule has 3 N–H and O–H groups in total. The number of halogens is 1. The van der Waals surface area contributed by atoms with E-state index in [9.17, 15) is 4.79 Å². The minimum absolute atomic E-state index is 0.273. The standard InChI is InChI=1S/C24H28ClN3O3S/c1-15(26)21(28-24(29)30-16(2)20-9-6-14-27-23(20)25)22(32)17-10-12-19(13-11-17)31-18-7-4-3-5-8-18/h6,9-14,16,18H,3-5,7-8,26H2,1-2H3,(H,28,29)/b21-15+. The fourth-order valence-electron chi connectivity index (χ4n) is 3.60. The molecule has 2 aromatic rings. The van der Waals surface area contributed by atoms with Crippen LogP contribution in [0.1, 0.15) is 63.2 Å². The van der Waals surface area contributed by atoms with Gasteiger partial charge in [-0.3, -0.25) is 5.32 Å². The third-order valence-electron chi connectivity index (χ3n) is 5.33. The van der Waals surface area contributed by atoms with Crippen LogP contribution < -0.4 is 15.8 Å². The van der Waals surface area contributed by atoms with Gasteiger partial charge in [0.2, 0.25) is 0 Å². The first-order valence-electron chi connectivity index (χ1n) is 10.7. The summed E-state index contributed by atoms with van der Waals surface area (Å²) >= 11 is 11.7. The molecular formula is C24H28ClN3O3S. The number of benzene rings is 1. The summed E-state index contributed by atoms with van der Waals surface area (Å²) in [7, 11) is 0. The van der Waals surface area contributed by atoms with Crippen LogP contribution in [0.25, 0.3) is 0 Å². The first-order chi connectivity index (χ1) is 15.3. The molecule has 0 saturated heterocycles. The van der Waals surface area contributed by atoms with Crippen LogP contribution in [0.15, 0.2) is 54.0 Å². The number of nitrogens with zero attached hydrogens (tertiary/aromatic N) is 1. The Morgan fingerprint density at radius 1 is 1.22 bits per heavy atom. The number of ether oxygens (including phenoxy) is 2. The van der Waals surface area contributed by atoms with Gasteiger partial charge in [-0.05, 0) is 75.4 Å². The number of aromatic nitrogens is 1. The molecule has 1 aromatic heterocycles. The topological polar surface area (TPSA) is 86.5 Å². The van der Waals surface area contributed by atoms with Crippen molar-refractivity contribution in [1.29, 1.82) is 0 Å². The summed E-state index contributed by atoms with van der Waals surface area (Å²) in [5.41, 5.74) is 8.07. The Balaban J connectivity index is 1.63. The van der Waals surface area contributed by atoms with Crippen molar-refractivity contribution in [2.24, 2.45) is 5.73 Å². The number of carbonyl (C=O) groups excluding carboxylic acids is 1. The molecule has 1 atom stereocenters. The molecule has 0 aliphatic heterocycles. The first-order valence-corrected chi connectivity index (χ1v) is 11.5. The van der Waals surface area contributed by atoms with Crippen LogP contribution in [-0.4, -0.2) is 22.0 Å². The Kier molecular flexibility index (Phi) is 8.47. The van der Waals surface area contributed by atoms with E-state index < -0.39 is 12.2 Å². The van der Waals surface area contributed by atoms with Crippen LogP contribution in [0.3, 0.4) is 0 Å². The van der Waals surface area contributed by atoms with E-state index in [0.717, 1.165) is 24.2 Å². The van der Waals surface area contributed by atoms with Gasteiger partial charge < -0.3 is 15.2 Å². The minimum Gasteiger partial charge on any atom is -0.490 e. The van der Waals surface area contributed by atoms with Gasteiger partial charge in [0, 0.05) is 17.5 Å². The lowest BCUT2D eigenvalue weighted by Crippen LogP contribution is -2.31. The molecule has 1 aliphatic rings. The number of amides is 1. The van der Waals surface area contributed by atoms with Crippen molar-refractivity contribution in [3.63, 3.8) is 0 Å². The summed E-state index contributed by atoms with van der Waals surface area (Å²) < 4.78 is 11.5. The highest BCUT2D eigenvalue weighted by Crippen LogP contribution is 2.25. The molecule has 1 aliphatic carbocycles. The summed E-state index contributed by atoms with van der Waals surface area (Å²) in [5.74, 6) is 0.813. The molecule has 0 bridgehead atoms. The van der Waals surface area contributed by atoms with Crippen molar-refractivity contribution in [3.05, 3.63) is 70.3 Å². The number of nitrogens with two attached hydrogens (primary N) is 1. The lowest BCUT2D eigenvalue weighted by molar-refractivity contribution is 0.110. The number of thiocarbonyl (C=S) groups is 1. The van der Waals surface area contributed by atoms with E-state index in [1.165, 1.54) is 19.3 Å². The molecule has 1 amide bonds. The number of pyridine rings is 1. The second-order valence-electron chi connectivity index (χ2n) is 7.85. The van der Waals surface area contributed by atoms with Crippen LogP contribution >= 0.6 is 23.8 Å².